The van der Waals surface area contributed by atoms with E-state index < -0.39 is 72.4 Å². The molecule has 47 heavy (non-hydrogen) atoms. The average Bonchev–Trinajstić information content (AvgIpc) is 3.53. The lowest BCUT2D eigenvalue weighted by molar-refractivity contribution is -0.145. The Morgan fingerprint density at radius 3 is 2.17 bits per heavy atom. The standard InChI is InChI=1S/C30H38N4O13/c1-3-5-6-7-18(17(4-2)28(41)34-45)26(39)31-15-32-29(42)22-11-10-21(47-22)16-8-9-19(23(12-16)46-14-25(37)38)27(40)33-20(30(43)44)13-24(35)36/h8-12,17-18,20,45H,3-7,13-15H2,1-2H3,(H,31,39)(H,32,42)(H,33,40)(H,34,41)(H,35,36)(H,37,38)(H,43,44)/t17-,18-,20+/m1/s1. The number of unbranched alkanes of at least 4 members (excludes halogenated alkanes) is 2. The molecule has 4 amide bonds. The summed E-state index contributed by atoms with van der Waals surface area (Å²) in [5.41, 5.74) is 1.54. The number of hydrogen-bond acceptors (Lipinski definition) is 10. The highest BCUT2D eigenvalue weighted by Crippen LogP contribution is 2.29. The van der Waals surface area contributed by atoms with Crippen molar-refractivity contribution in [2.75, 3.05) is 13.3 Å². The van der Waals surface area contributed by atoms with Crippen LogP contribution in [0.5, 0.6) is 5.75 Å². The molecule has 0 aliphatic heterocycles. The fourth-order valence-corrected chi connectivity index (χ4v) is 4.64. The third kappa shape index (κ3) is 11.4. The summed E-state index contributed by atoms with van der Waals surface area (Å²) in [5, 5.41) is 43.4. The summed E-state index contributed by atoms with van der Waals surface area (Å²) >= 11 is 0. The van der Waals surface area contributed by atoms with Crippen LogP contribution >= 0.6 is 0 Å². The monoisotopic (exact) mass is 662 g/mol. The minimum absolute atomic E-state index is 0.0948. The first-order valence-corrected chi connectivity index (χ1v) is 14.7. The number of carboxylic acids is 3. The molecule has 0 fully saturated rings. The van der Waals surface area contributed by atoms with Crippen molar-refractivity contribution in [1.29, 1.82) is 0 Å². The molecule has 0 aliphatic rings. The van der Waals surface area contributed by atoms with Crippen molar-refractivity contribution in [2.24, 2.45) is 11.8 Å². The molecule has 0 saturated carbocycles. The van der Waals surface area contributed by atoms with Crippen LogP contribution < -0.4 is 26.2 Å². The highest BCUT2D eigenvalue weighted by atomic mass is 16.5. The van der Waals surface area contributed by atoms with Crippen LogP contribution in [-0.2, 0) is 24.0 Å². The van der Waals surface area contributed by atoms with Gasteiger partial charge in [0.2, 0.25) is 11.8 Å². The van der Waals surface area contributed by atoms with Gasteiger partial charge in [-0.3, -0.25) is 29.2 Å². The van der Waals surface area contributed by atoms with Crippen molar-refractivity contribution < 1.29 is 63.2 Å². The van der Waals surface area contributed by atoms with E-state index >= 15 is 0 Å². The van der Waals surface area contributed by atoms with Gasteiger partial charge in [0.05, 0.1) is 24.6 Å². The Balaban J connectivity index is 2.17. The second kappa shape index (κ2) is 18.5. The topological polar surface area (TPSA) is 271 Å². The Labute approximate surface area is 268 Å². The maximum atomic E-state index is 12.9. The number of carbonyl (C=O) groups excluding carboxylic acids is 4. The van der Waals surface area contributed by atoms with Gasteiger partial charge in [0.25, 0.3) is 11.8 Å². The summed E-state index contributed by atoms with van der Waals surface area (Å²) in [6.45, 7) is 2.54. The second-order valence-corrected chi connectivity index (χ2v) is 10.3. The lowest BCUT2D eigenvalue weighted by Crippen LogP contribution is -2.44. The molecular formula is C30H38N4O13. The van der Waals surface area contributed by atoms with E-state index in [4.69, 9.17) is 24.6 Å². The van der Waals surface area contributed by atoms with Gasteiger partial charge < -0.3 is 40.4 Å². The number of ether oxygens (including phenoxy) is 1. The predicted molar refractivity (Wildman–Crippen MR) is 160 cm³/mol. The fraction of sp³-hybridized carbons (Fsp3) is 0.433. The van der Waals surface area contributed by atoms with Gasteiger partial charge in [0.1, 0.15) is 17.6 Å². The van der Waals surface area contributed by atoms with Crippen LogP contribution in [0.2, 0.25) is 0 Å². The number of furan rings is 1. The molecular weight excluding hydrogens is 624 g/mol. The lowest BCUT2D eigenvalue weighted by Gasteiger charge is -2.24. The molecule has 2 rings (SSSR count). The van der Waals surface area contributed by atoms with E-state index in [0.29, 0.717) is 19.3 Å². The van der Waals surface area contributed by atoms with Crippen LogP contribution in [0.25, 0.3) is 11.3 Å². The minimum Gasteiger partial charge on any atom is -0.481 e. The molecule has 2 aromatic rings. The number of amides is 4. The molecule has 0 spiro atoms. The quantitative estimate of drug-likeness (QED) is 0.0434. The summed E-state index contributed by atoms with van der Waals surface area (Å²) in [6, 6.07) is 4.69. The zero-order valence-electron chi connectivity index (χ0n) is 25.7. The van der Waals surface area contributed by atoms with E-state index in [1.807, 2.05) is 6.92 Å². The van der Waals surface area contributed by atoms with E-state index in [1.54, 1.807) is 12.4 Å². The van der Waals surface area contributed by atoms with Crippen molar-refractivity contribution in [3.8, 4) is 17.1 Å². The van der Waals surface area contributed by atoms with E-state index in [1.165, 1.54) is 30.3 Å². The lowest BCUT2D eigenvalue weighted by atomic mass is 9.84. The summed E-state index contributed by atoms with van der Waals surface area (Å²) < 4.78 is 10.8. The SMILES string of the molecule is CCCCC[C@@H](C(=O)NCNC(=O)c1ccc(-c2ccc(C(=O)N[C@@H](CC(=O)O)C(=O)O)c(OCC(=O)O)c2)o1)[C@@H](CC)C(=O)NO. The van der Waals surface area contributed by atoms with E-state index in [9.17, 15) is 38.7 Å². The van der Waals surface area contributed by atoms with E-state index in [2.05, 4.69) is 16.0 Å². The van der Waals surface area contributed by atoms with Crippen LogP contribution in [-0.4, -0.2) is 81.4 Å². The van der Waals surface area contributed by atoms with Crippen molar-refractivity contribution in [1.82, 2.24) is 21.4 Å². The van der Waals surface area contributed by atoms with Crippen LogP contribution in [0.1, 0.15) is 73.3 Å². The molecule has 1 aromatic carbocycles. The summed E-state index contributed by atoms with van der Waals surface area (Å²) in [6.07, 6.45) is 2.23. The molecule has 256 valence electrons. The molecule has 0 aliphatic carbocycles. The number of carboxylic acid groups (broad SMARTS) is 3. The largest absolute Gasteiger partial charge is 0.481 e. The number of hydroxylamine groups is 1. The van der Waals surface area contributed by atoms with Crippen molar-refractivity contribution >= 4 is 41.5 Å². The van der Waals surface area contributed by atoms with Gasteiger partial charge in [0, 0.05) is 11.5 Å². The molecule has 17 heteroatoms. The van der Waals surface area contributed by atoms with Crippen molar-refractivity contribution in [3.63, 3.8) is 0 Å². The molecule has 8 N–H and O–H groups in total. The smallest absolute Gasteiger partial charge is 0.341 e. The Morgan fingerprint density at radius 1 is 0.851 bits per heavy atom. The van der Waals surface area contributed by atoms with Gasteiger partial charge >= 0.3 is 17.9 Å². The van der Waals surface area contributed by atoms with Gasteiger partial charge in [-0.15, -0.1) is 0 Å². The Morgan fingerprint density at radius 2 is 1.57 bits per heavy atom. The zero-order chi connectivity index (χ0) is 35.1. The van der Waals surface area contributed by atoms with Crippen LogP contribution in [0.3, 0.4) is 0 Å². The number of aliphatic carboxylic acids is 3. The van der Waals surface area contributed by atoms with Gasteiger partial charge in [-0.05, 0) is 37.1 Å². The normalized spacial score (nSPS) is 12.6. The second-order valence-electron chi connectivity index (χ2n) is 10.3. The van der Waals surface area contributed by atoms with Crippen molar-refractivity contribution in [3.05, 3.63) is 41.7 Å². The first-order chi connectivity index (χ1) is 22.3. The molecule has 3 atom stereocenters. The first kappa shape index (κ1) is 37.7. The molecule has 0 unspecified atom stereocenters. The molecule has 1 aromatic heterocycles. The van der Waals surface area contributed by atoms with E-state index in [0.717, 1.165) is 12.8 Å². The highest BCUT2D eigenvalue weighted by Gasteiger charge is 2.32. The molecule has 1 heterocycles. The predicted octanol–water partition coefficient (Wildman–Crippen LogP) is 1.60. The van der Waals surface area contributed by atoms with Gasteiger partial charge in [0.15, 0.2) is 12.4 Å². The number of hydrogen-bond donors (Lipinski definition) is 8. The maximum Gasteiger partial charge on any atom is 0.341 e. The van der Waals surface area contributed by atoms with E-state index in [-0.39, 0.29) is 35.1 Å². The van der Waals surface area contributed by atoms with Gasteiger partial charge in [-0.25, -0.2) is 15.1 Å². The van der Waals surface area contributed by atoms with Crippen LogP contribution in [0, 0.1) is 11.8 Å². The number of rotatable bonds is 20. The molecule has 0 radical (unpaired) electrons. The third-order valence-electron chi connectivity index (χ3n) is 7.01. The number of nitrogens with one attached hydrogen (secondary N) is 4. The van der Waals surface area contributed by atoms with Crippen molar-refractivity contribution in [2.45, 2.75) is 58.4 Å². The molecule has 0 bridgehead atoms. The Bertz CT molecular complexity index is 1450. The Kier molecular flexibility index (Phi) is 14.9. The maximum absolute atomic E-state index is 12.9. The average molecular weight is 663 g/mol. The fourth-order valence-electron chi connectivity index (χ4n) is 4.64. The number of benzene rings is 1. The highest BCUT2D eigenvalue weighted by molar-refractivity contribution is 6.00. The third-order valence-corrected chi connectivity index (χ3v) is 7.01. The summed E-state index contributed by atoms with van der Waals surface area (Å²) in [4.78, 5) is 84.0. The minimum atomic E-state index is -1.78. The Hall–Kier alpha value is -5.45. The zero-order valence-corrected chi connectivity index (χ0v) is 25.7. The summed E-state index contributed by atoms with van der Waals surface area (Å²) in [7, 11) is 0. The van der Waals surface area contributed by atoms with Crippen LogP contribution in [0.15, 0.2) is 34.7 Å². The summed E-state index contributed by atoms with van der Waals surface area (Å²) in [5.74, 6) is -9.24. The van der Waals surface area contributed by atoms with Gasteiger partial charge in [-0.2, -0.15) is 0 Å². The first-order valence-electron chi connectivity index (χ1n) is 14.7. The van der Waals surface area contributed by atoms with Gasteiger partial charge in [-0.1, -0.05) is 39.2 Å². The number of carbonyl (C=O) groups is 7. The molecule has 0 saturated heterocycles. The van der Waals surface area contributed by atoms with Crippen LogP contribution in [0.4, 0.5) is 0 Å². The molecule has 17 nitrogen and oxygen atoms in total.